The highest BCUT2D eigenvalue weighted by Crippen LogP contribution is 2.30. The number of carbonyl (C=O) groups excluding carboxylic acids is 3. The van der Waals surface area contributed by atoms with Crippen LogP contribution >= 0.6 is 0 Å². The van der Waals surface area contributed by atoms with E-state index in [1.165, 1.54) is 13.3 Å². The Morgan fingerprint density at radius 2 is 2.04 bits per heavy atom. The third-order valence-electron chi connectivity index (χ3n) is 3.61. The molecule has 0 radical (unpaired) electrons. The molecule has 1 fully saturated rings. The van der Waals surface area contributed by atoms with Gasteiger partial charge < -0.3 is 4.74 Å². The number of methoxy groups -OCH3 is 1. The standard InChI is InChI=1S/C16H19N3O4/c1-4-10(2)17-9-11-14(20)18-16(22)19(15(11)21)12-7-5-6-8-13(12)23-3/h5-11H,4H2,1-3H3,(H,18,20,22)/t10-,11?/m0/s1. The molecule has 0 aromatic heterocycles. The lowest BCUT2D eigenvalue weighted by Crippen LogP contribution is -2.58. The SMILES string of the molecule is CC[C@H](C)N=CC1C(=O)NC(=O)N(c2ccccc2OC)C1=O. The molecule has 122 valence electrons. The number of rotatable bonds is 5. The van der Waals surface area contributed by atoms with Gasteiger partial charge in [0.1, 0.15) is 5.75 Å². The van der Waals surface area contributed by atoms with Crippen molar-refractivity contribution in [3.8, 4) is 5.75 Å². The molecule has 1 aromatic rings. The first-order valence-electron chi connectivity index (χ1n) is 7.34. The van der Waals surface area contributed by atoms with Crippen molar-refractivity contribution in [2.45, 2.75) is 26.3 Å². The number of hydrogen-bond acceptors (Lipinski definition) is 5. The fourth-order valence-corrected chi connectivity index (χ4v) is 2.10. The molecule has 0 aliphatic carbocycles. The van der Waals surface area contributed by atoms with Crippen LogP contribution in [0, 0.1) is 5.92 Å². The van der Waals surface area contributed by atoms with Crippen LogP contribution in [0.3, 0.4) is 0 Å². The fourth-order valence-electron chi connectivity index (χ4n) is 2.10. The Morgan fingerprint density at radius 3 is 2.70 bits per heavy atom. The number of urea groups is 1. The van der Waals surface area contributed by atoms with Crippen LogP contribution in [-0.4, -0.2) is 37.2 Å². The molecular weight excluding hydrogens is 298 g/mol. The van der Waals surface area contributed by atoms with Crippen LogP contribution in [0.5, 0.6) is 5.75 Å². The number of ether oxygens (including phenoxy) is 1. The molecule has 1 saturated heterocycles. The van der Waals surface area contributed by atoms with Gasteiger partial charge in [0.25, 0.3) is 5.91 Å². The van der Waals surface area contributed by atoms with E-state index in [4.69, 9.17) is 4.74 Å². The Kier molecular flexibility index (Phi) is 5.10. The lowest BCUT2D eigenvalue weighted by Gasteiger charge is -2.29. The third-order valence-corrected chi connectivity index (χ3v) is 3.61. The van der Waals surface area contributed by atoms with Gasteiger partial charge in [0.15, 0.2) is 5.92 Å². The highest BCUT2D eigenvalue weighted by atomic mass is 16.5. The largest absolute Gasteiger partial charge is 0.495 e. The van der Waals surface area contributed by atoms with Gasteiger partial charge in [-0.05, 0) is 25.5 Å². The molecule has 2 atom stereocenters. The highest BCUT2D eigenvalue weighted by Gasteiger charge is 2.41. The number of hydrogen-bond donors (Lipinski definition) is 1. The normalized spacial score (nSPS) is 19.9. The first kappa shape index (κ1) is 16.7. The van der Waals surface area contributed by atoms with Gasteiger partial charge in [-0.25, -0.2) is 9.69 Å². The molecule has 1 unspecified atom stereocenters. The topological polar surface area (TPSA) is 88.1 Å². The Bertz CT molecular complexity index is 656. The number of aliphatic imine (C=N–C) groups is 1. The number of amides is 4. The van der Waals surface area contributed by atoms with Gasteiger partial charge in [0.2, 0.25) is 5.91 Å². The summed E-state index contributed by atoms with van der Waals surface area (Å²) < 4.78 is 5.18. The van der Waals surface area contributed by atoms with Crippen molar-refractivity contribution in [3.05, 3.63) is 24.3 Å². The second-order valence-corrected chi connectivity index (χ2v) is 5.17. The van der Waals surface area contributed by atoms with E-state index in [1.54, 1.807) is 24.3 Å². The number of imide groups is 2. The number of benzene rings is 1. The van der Waals surface area contributed by atoms with E-state index in [-0.39, 0.29) is 11.7 Å². The Labute approximate surface area is 134 Å². The lowest BCUT2D eigenvalue weighted by molar-refractivity contribution is -0.131. The van der Waals surface area contributed by atoms with Crippen LogP contribution in [0.25, 0.3) is 0 Å². The van der Waals surface area contributed by atoms with Crippen molar-refractivity contribution < 1.29 is 19.1 Å². The number of anilines is 1. The minimum atomic E-state index is -1.13. The Hall–Kier alpha value is -2.70. The number of nitrogens with zero attached hydrogens (tertiary/aromatic N) is 2. The summed E-state index contributed by atoms with van der Waals surface area (Å²) in [7, 11) is 1.44. The van der Waals surface area contributed by atoms with Crippen LogP contribution in [0.1, 0.15) is 20.3 Å². The summed E-state index contributed by atoms with van der Waals surface area (Å²) in [6.07, 6.45) is 2.09. The number of barbiturate groups is 1. The van der Waals surface area contributed by atoms with Crippen LogP contribution in [0.15, 0.2) is 29.3 Å². The van der Waals surface area contributed by atoms with Gasteiger partial charge in [0.05, 0.1) is 12.8 Å². The summed E-state index contributed by atoms with van der Waals surface area (Å²) in [6, 6.07) is 5.81. The summed E-state index contributed by atoms with van der Waals surface area (Å²) in [5.41, 5.74) is 0.284. The molecule has 23 heavy (non-hydrogen) atoms. The maximum absolute atomic E-state index is 12.6. The predicted molar refractivity (Wildman–Crippen MR) is 85.8 cm³/mol. The molecule has 2 rings (SSSR count). The molecule has 0 spiro atoms. The average Bonchev–Trinajstić information content (AvgIpc) is 2.54. The summed E-state index contributed by atoms with van der Waals surface area (Å²) in [5, 5.41) is 2.18. The van der Waals surface area contributed by atoms with Crippen LogP contribution in [0.4, 0.5) is 10.5 Å². The van der Waals surface area contributed by atoms with Crippen molar-refractivity contribution >= 4 is 29.7 Å². The molecule has 1 aliphatic heterocycles. The molecule has 4 amide bonds. The van der Waals surface area contributed by atoms with Crippen LogP contribution in [0.2, 0.25) is 0 Å². The monoisotopic (exact) mass is 317 g/mol. The van der Waals surface area contributed by atoms with E-state index in [1.807, 2.05) is 13.8 Å². The van der Waals surface area contributed by atoms with Crippen molar-refractivity contribution in [2.24, 2.45) is 10.9 Å². The first-order chi connectivity index (χ1) is 11.0. The predicted octanol–water partition coefficient (Wildman–Crippen LogP) is 1.76. The molecule has 7 heteroatoms. The van der Waals surface area contributed by atoms with Crippen molar-refractivity contribution in [1.29, 1.82) is 0 Å². The minimum absolute atomic E-state index is 0.00654. The third kappa shape index (κ3) is 3.39. The maximum atomic E-state index is 12.6. The zero-order valence-corrected chi connectivity index (χ0v) is 13.3. The van der Waals surface area contributed by atoms with E-state index in [9.17, 15) is 14.4 Å². The van der Waals surface area contributed by atoms with E-state index < -0.39 is 23.8 Å². The van der Waals surface area contributed by atoms with Gasteiger partial charge in [-0.15, -0.1) is 0 Å². The van der Waals surface area contributed by atoms with Crippen molar-refractivity contribution in [3.63, 3.8) is 0 Å². The molecular formula is C16H19N3O4. The van der Waals surface area contributed by atoms with Gasteiger partial charge in [-0.3, -0.25) is 19.9 Å². The summed E-state index contributed by atoms with van der Waals surface area (Å²) in [5.74, 6) is -2.08. The van der Waals surface area contributed by atoms with Gasteiger partial charge in [-0.2, -0.15) is 0 Å². The summed E-state index contributed by atoms with van der Waals surface area (Å²) >= 11 is 0. The Balaban J connectivity index is 2.36. The van der Waals surface area contributed by atoms with E-state index >= 15 is 0 Å². The maximum Gasteiger partial charge on any atom is 0.335 e. The van der Waals surface area contributed by atoms with Gasteiger partial charge >= 0.3 is 6.03 Å². The molecule has 1 aromatic carbocycles. The number of nitrogens with one attached hydrogen (secondary N) is 1. The van der Waals surface area contributed by atoms with E-state index in [0.717, 1.165) is 11.3 Å². The van der Waals surface area contributed by atoms with Crippen molar-refractivity contribution in [1.82, 2.24) is 5.32 Å². The Morgan fingerprint density at radius 1 is 1.35 bits per heavy atom. The average molecular weight is 317 g/mol. The second kappa shape index (κ2) is 7.04. The fraction of sp³-hybridized carbons (Fsp3) is 0.375. The molecule has 7 nitrogen and oxygen atoms in total. The zero-order chi connectivity index (χ0) is 17.0. The molecule has 0 saturated carbocycles. The highest BCUT2D eigenvalue weighted by molar-refractivity contribution is 6.32. The first-order valence-corrected chi connectivity index (χ1v) is 7.34. The van der Waals surface area contributed by atoms with Crippen LogP contribution < -0.4 is 15.0 Å². The van der Waals surface area contributed by atoms with Crippen molar-refractivity contribution in [2.75, 3.05) is 12.0 Å². The second-order valence-electron chi connectivity index (χ2n) is 5.17. The van der Waals surface area contributed by atoms with Gasteiger partial charge in [-0.1, -0.05) is 19.1 Å². The zero-order valence-electron chi connectivity index (χ0n) is 13.3. The molecule has 1 aliphatic rings. The minimum Gasteiger partial charge on any atom is -0.495 e. The van der Waals surface area contributed by atoms with Gasteiger partial charge in [0, 0.05) is 12.3 Å². The molecule has 1 heterocycles. The summed E-state index contributed by atoms with van der Waals surface area (Å²) in [4.78, 5) is 41.8. The lowest BCUT2D eigenvalue weighted by atomic mass is 10.1. The smallest absolute Gasteiger partial charge is 0.335 e. The van der Waals surface area contributed by atoms with E-state index in [2.05, 4.69) is 10.3 Å². The molecule has 1 N–H and O–H groups in total. The quantitative estimate of drug-likeness (QED) is 0.662. The number of para-hydroxylation sites is 2. The van der Waals surface area contributed by atoms with E-state index in [0.29, 0.717) is 5.75 Å². The molecule has 0 bridgehead atoms. The summed E-state index contributed by atoms with van der Waals surface area (Å²) in [6.45, 7) is 3.83. The van der Waals surface area contributed by atoms with Crippen LogP contribution in [-0.2, 0) is 9.59 Å². The number of carbonyl (C=O) groups is 3.